The lowest BCUT2D eigenvalue weighted by Crippen LogP contribution is -2.52. The van der Waals surface area contributed by atoms with Gasteiger partial charge in [0.2, 0.25) is 21.8 Å². The molecule has 37 heavy (non-hydrogen) atoms. The van der Waals surface area contributed by atoms with E-state index in [-0.39, 0.29) is 17.6 Å². The predicted octanol–water partition coefficient (Wildman–Crippen LogP) is 5.22. The van der Waals surface area contributed by atoms with Crippen molar-refractivity contribution in [1.82, 2.24) is 10.2 Å². The summed E-state index contributed by atoms with van der Waals surface area (Å²) >= 11 is 9.42. The highest BCUT2D eigenvalue weighted by Crippen LogP contribution is 2.36. The molecule has 0 spiro atoms. The summed E-state index contributed by atoms with van der Waals surface area (Å²) in [5, 5.41) is 2.51. The van der Waals surface area contributed by atoms with Crippen LogP contribution < -0.4 is 9.62 Å². The minimum absolute atomic E-state index is 0.0543. The van der Waals surface area contributed by atoms with Gasteiger partial charge in [-0.15, -0.1) is 0 Å². The number of sulfonamides is 1. The average molecular weight is 627 g/mol. The standard InChI is InChI=1S/C24H28BrClF3N3O4S/c1-5-15(2)30-23(34)16(3)31(13-17-7-6-8-19(25)11-17)22(33)14-32(37(4,35)36)21-12-18(24(27,28)29)9-10-20(21)26/h6-12,15-16H,5,13-14H2,1-4H3,(H,30,34)/t15-,16-/m1/s1. The molecule has 0 saturated heterocycles. The van der Waals surface area contributed by atoms with Crippen LogP contribution in [0.4, 0.5) is 18.9 Å². The SMILES string of the molecule is CC[C@@H](C)NC(=O)[C@@H](C)N(Cc1cccc(Br)c1)C(=O)CN(c1cc(C(F)(F)F)ccc1Cl)S(C)(=O)=O. The van der Waals surface area contributed by atoms with E-state index in [1.165, 1.54) is 11.8 Å². The van der Waals surface area contributed by atoms with Gasteiger partial charge in [-0.2, -0.15) is 13.2 Å². The number of hydrogen-bond acceptors (Lipinski definition) is 4. The van der Waals surface area contributed by atoms with Crippen molar-refractivity contribution >= 4 is 55.1 Å². The summed E-state index contributed by atoms with van der Waals surface area (Å²) in [5.74, 6) is -1.26. The Kier molecular flexibility index (Phi) is 10.4. The lowest BCUT2D eigenvalue weighted by atomic mass is 10.1. The first-order chi connectivity index (χ1) is 17.0. The van der Waals surface area contributed by atoms with Crippen LogP contribution in [0.15, 0.2) is 46.9 Å². The summed E-state index contributed by atoms with van der Waals surface area (Å²) in [6, 6.07) is 7.99. The second-order valence-corrected chi connectivity index (χ2v) is 11.8. The van der Waals surface area contributed by atoms with Crippen LogP contribution in [0.2, 0.25) is 5.02 Å². The maximum Gasteiger partial charge on any atom is 0.416 e. The van der Waals surface area contributed by atoms with Crippen molar-refractivity contribution in [2.24, 2.45) is 0 Å². The molecular formula is C24H28BrClF3N3O4S. The molecule has 2 aromatic rings. The number of anilines is 1. The van der Waals surface area contributed by atoms with Gasteiger partial charge in [0, 0.05) is 17.1 Å². The van der Waals surface area contributed by atoms with Gasteiger partial charge in [-0.3, -0.25) is 13.9 Å². The molecule has 1 N–H and O–H groups in total. The van der Waals surface area contributed by atoms with Crippen molar-refractivity contribution in [1.29, 1.82) is 0 Å². The van der Waals surface area contributed by atoms with E-state index >= 15 is 0 Å². The Morgan fingerprint density at radius 1 is 1.14 bits per heavy atom. The smallest absolute Gasteiger partial charge is 0.352 e. The van der Waals surface area contributed by atoms with Crippen LogP contribution in [0, 0.1) is 0 Å². The molecule has 0 aliphatic heterocycles. The van der Waals surface area contributed by atoms with Gasteiger partial charge in [0.25, 0.3) is 0 Å². The Labute approximate surface area is 228 Å². The number of nitrogens with one attached hydrogen (secondary N) is 1. The van der Waals surface area contributed by atoms with Crippen LogP contribution in [0.1, 0.15) is 38.3 Å². The lowest BCUT2D eigenvalue weighted by molar-refractivity contribution is -0.139. The Hall–Kier alpha value is -2.31. The van der Waals surface area contributed by atoms with Gasteiger partial charge in [0.05, 0.1) is 22.5 Å². The number of alkyl halides is 3. The predicted molar refractivity (Wildman–Crippen MR) is 141 cm³/mol. The monoisotopic (exact) mass is 625 g/mol. The van der Waals surface area contributed by atoms with Crippen LogP contribution >= 0.6 is 27.5 Å². The second-order valence-electron chi connectivity index (χ2n) is 8.58. The molecule has 2 aromatic carbocycles. The zero-order valence-electron chi connectivity index (χ0n) is 20.6. The highest BCUT2D eigenvalue weighted by molar-refractivity contribution is 9.10. The summed E-state index contributed by atoms with van der Waals surface area (Å²) in [6.45, 7) is 4.25. The summed E-state index contributed by atoms with van der Waals surface area (Å²) in [7, 11) is -4.25. The molecule has 0 aromatic heterocycles. The normalized spacial score (nSPS) is 13.5. The molecule has 0 fully saturated rings. The Bertz CT molecular complexity index is 1240. The molecule has 7 nitrogen and oxygen atoms in total. The molecule has 2 atom stereocenters. The number of carbonyl (C=O) groups is 2. The van der Waals surface area contributed by atoms with Crippen molar-refractivity contribution in [2.75, 3.05) is 17.1 Å². The Morgan fingerprint density at radius 2 is 1.78 bits per heavy atom. The first-order valence-electron chi connectivity index (χ1n) is 11.2. The molecular weight excluding hydrogens is 599 g/mol. The quantitative estimate of drug-likeness (QED) is 0.392. The number of nitrogens with zero attached hydrogens (tertiary/aromatic N) is 2. The number of halogens is 5. The summed E-state index contributed by atoms with van der Waals surface area (Å²) in [5.41, 5.74) is -0.972. The zero-order chi connectivity index (χ0) is 28.1. The van der Waals surface area contributed by atoms with E-state index in [2.05, 4.69) is 21.2 Å². The molecule has 0 saturated carbocycles. The van der Waals surface area contributed by atoms with Gasteiger partial charge in [-0.05, 0) is 56.2 Å². The van der Waals surface area contributed by atoms with Crippen molar-refractivity contribution in [3.8, 4) is 0 Å². The first-order valence-corrected chi connectivity index (χ1v) is 14.2. The molecule has 0 heterocycles. The average Bonchev–Trinajstić information content (AvgIpc) is 2.79. The lowest BCUT2D eigenvalue weighted by Gasteiger charge is -2.32. The van der Waals surface area contributed by atoms with E-state index in [0.717, 1.165) is 22.9 Å². The van der Waals surface area contributed by atoms with Crippen LogP contribution in [-0.4, -0.2) is 50.0 Å². The maximum atomic E-state index is 13.5. The van der Waals surface area contributed by atoms with E-state index in [1.807, 2.05) is 6.92 Å². The largest absolute Gasteiger partial charge is 0.416 e. The molecule has 2 amide bonds. The highest BCUT2D eigenvalue weighted by Gasteiger charge is 2.34. The van der Waals surface area contributed by atoms with Crippen LogP contribution in [0.5, 0.6) is 0 Å². The molecule has 0 radical (unpaired) electrons. The Balaban J connectivity index is 2.50. The molecule has 0 aliphatic carbocycles. The van der Waals surface area contributed by atoms with Crippen LogP contribution in [0.25, 0.3) is 0 Å². The van der Waals surface area contributed by atoms with Crippen molar-refractivity contribution in [3.05, 3.63) is 63.1 Å². The summed E-state index contributed by atoms with van der Waals surface area (Å²) in [6.07, 6.45) is -3.36. The van der Waals surface area contributed by atoms with Gasteiger partial charge in [-0.1, -0.05) is 46.6 Å². The molecule has 204 valence electrons. The van der Waals surface area contributed by atoms with Crippen LogP contribution in [0.3, 0.4) is 0 Å². The number of rotatable bonds is 10. The number of hydrogen-bond donors (Lipinski definition) is 1. The third-order valence-corrected chi connectivity index (χ3v) is 7.57. The van der Waals surface area contributed by atoms with E-state index in [1.54, 1.807) is 31.2 Å². The van der Waals surface area contributed by atoms with Gasteiger partial charge in [0.1, 0.15) is 12.6 Å². The number of carbonyl (C=O) groups excluding carboxylic acids is 2. The summed E-state index contributed by atoms with van der Waals surface area (Å²) < 4.78 is 66.4. The van der Waals surface area contributed by atoms with Gasteiger partial charge in [0.15, 0.2) is 0 Å². The highest BCUT2D eigenvalue weighted by atomic mass is 79.9. The van der Waals surface area contributed by atoms with Gasteiger partial charge in [-0.25, -0.2) is 8.42 Å². The van der Waals surface area contributed by atoms with E-state index in [0.29, 0.717) is 22.4 Å². The fourth-order valence-electron chi connectivity index (χ4n) is 3.36. The Morgan fingerprint density at radius 3 is 2.32 bits per heavy atom. The molecule has 13 heteroatoms. The van der Waals surface area contributed by atoms with Gasteiger partial charge < -0.3 is 10.2 Å². The van der Waals surface area contributed by atoms with Crippen molar-refractivity contribution < 1.29 is 31.2 Å². The van der Waals surface area contributed by atoms with Crippen molar-refractivity contribution in [2.45, 2.75) is 52.0 Å². The maximum absolute atomic E-state index is 13.5. The van der Waals surface area contributed by atoms with E-state index in [9.17, 15) is 31.2 Å². The van der Waals surface area contributed by atoms with Crippen molar-refractivity contribution in [3.63, 3.8) is 0 Å². The summed E-state index contributed by atoms with van der Waals surface area (Å²) in [4.78, 5) is 27.6. The minimum Gasteiger partial charge on any atom is -0.352 e. The van der Waals surface area contributed by atoms with Crippen LogP contribution in [-0.2, 0) is 32.3 Å². The number of amides is 2. The number of benzene rings is 2. The first kappa shape index (κ1) is 30.9. The molecule has 0 unspecified atom stereocenters. The minimum atomic E-state index is -4.76. The third kappa shape index (κ3) is 8.61. The van der Waals surface area contributed by atoms with Gasteiger partial charge >= 0.3 is 6.18 Å². The second kappa shape index (κ2) is 12.5. The van der Waals surface area contributed by atoms with E-state index < -0.39 is 51.9 Å². The van der Waals surface area contributed by atoms with E-state index in [4.69, 9.17) is 11.6 Å². The fourth-order valence-corrected chi connectivity index (χ4v) is 4.92. The molecule has 2 rings (SSSR count). The fraction of sp³-hybridized carbons (Fsp3) is 0.417. The zero-order valence-corrected chi connectivity index (χ0v) is 23.8. The third-order valence-electron chi connectivity index (χ3n) is 5.63. The molecule has 0 bridgehead atoms. The topological polar surface area (TPSA) is 86.8 Å². The molecule has 0 aliphatic rings.